The third kappa shape index (κ3) is 4.89. The minimum atomic E-state index is 0.346. The molecule has 3 rings (SSSR count). The molecule has 0 fully saturated rings. The number of nitrogens with zero attached hydrogens (tertiary/aromatic N) is 3. The first-order valence-corrected chi connectivity index (χ1v) is 10.00. The van der Waals surface area contributed by atoms with E-state index in [9.17, 15) is 0 Å². The van der Waals surface area contributed by atoms with Crippen molar-refractivity contribution in [3.8, 4) is 11.3 Å². The molecule has 2 aromatic carbocycles. The fourth-order valence-corrected chi connectivity index (χ4v) is 3.51. The van der Waals surface area contributed by atoms with Crippen LogP contribution >= 0.6 is 46.1 Å². The van der Waals surface area contributed by atoms with Crippen molar-refractivity contribution in [1.82, 2.24) is 4.98 Å². The second-order valence-electron chi connectivity index (χ2n) is 5.29. The number of rotatable bonds is 7. The first-order valence-electron chi connectivity index (χ1n) is 7.67. The van der Waals surface area contributed by atoms with Crippen LogP contribution in [0.15, 0.2) is 59.0 Å². The number of thiazole rings is 1. The summed E-state index contributed by atoms with van der Waals surface area (Å²) in [4.78, 5) is 6.36. The molecule has 0 spiro atoms. The molecular formula is C18H15Cl3N4S. The molecule has 8 heteroatoms. The van der Waals surface area contributed by atoms with Crippen molar-refractivity contribution in [3.63, 3.8) is 0 Å². The van der Waals surface area contributed by atoms with Crippen LogP contribution in [0.2, 0.25) is 5.02 Å². The summed E-state index contributed by atoms with van der Waals surface area (Å²) < 4.78 is 0. The Morgan fingerprint density at radius 3 is 2.38 bits per heavy atom. The molecule has 0 atom stereocenters. The molecule has 0 radical (unpaired) electrons. The van der Waals surface area contributed by atoms with E-state index in [1.165, 1.54) is 11.3 Å². The molecule has 0 unspecified atom stereocenters. The molecule has 0 saturated carbocycles. The molecular weight excluding hydrogens is 411 g/mol. The monoisotopic (exact) mass is 424 g/mol. The number of nitrogens with one attached hydrogen (secondary N) is 1. The molecule has 1 heterocycles. The molecule has 1 aromatic heterocycles. The van der Waals surface area contributed by atoms with E-state index < -0.39 is 0 Å². The van der Waals surface area contributed by atoms with E-state index >= 15 is 0 Å². The Labute approximate surface area is 171 Å². The number of aromatic nitrogens is 1. The van der Waals surface area contributed by atoms with Gasteiger partial charge in [0.25, 0.3) is 0 Å². The van der Waals surface area contributed by atoms with Crippen LogP contribution in [-0.2, 0) is 0 Å². The molecule has 0 aliphatic carbocycles. The van der Waals surface area contributed by atoms with Gasteiger partial charge in [0.2, 0.25) is 5.13 Å². The standard InChI is InChI=1S/C18H15Cl3N4S/c19-11-25(12-20)16-7-1-13(2-8-16)9-22-24-18-23-17(10-26-18)14-3-5-15(21)6-4-14/h1-10H,11-12H2,(H,23,24)/b22-9+. The quantitative estimate of drug-likeness (QED) is 0.215. The van der Waals surface area contributed by atoms with Crippen molar-refractivity contribution in [2.75, 3.05) is 22.3 Å². The van der Waals surface area contributed by atoms with Crippen LogP contribution in [0, 0.1) is 0 Å². The SMILES string of the molecule is ClCN(CCl)c1ccc(/C=N/Nc2nc(-c3ccc(Cl)cc3)cs2)cc1. The molecule has 26 heavy (non-hydrogen) atoms. The summed E-state index contributed by atoms with van der Waals surface area (Å²) in [7, 11) is 0. The summed E-state index contributed by atoms with van der Waals surface area (Å²) in [5.41, 5.74) is 6.78. The predicted molar refractivity (Wildman–Crippen MR) is 114 cm³/mol. The van der Waals surface area contributed by atoms with E-state index in [0.29, 0.717) is 17.0 Å². The predicted octanol–water partition coefficient (Wildman–Crippen LogP) is 6.11. The first kappa shape index (κ1) is 19.0. The highest BCUT2D eigenvalue weighted by Gasteiger charge is 2.04. The number of anilines is 2. The van der Waals surface area contributed by atoms with Gasteiger partial charge in [-0.25, -0.2) is 4.98 Å². The summed E-state index contributed by atoms with van der Waals surface area (Å²) in [6.07, 6.45) is 1.73. The second kappa shape index (κ2) is 9.24. The van der Waals surface area contributed by atoms with Crippen molar-refractivity contribution in [1.29, 1.82) is 0 Å². The molecule has 134 valence electrons. The van der Waals surface area contributed by atoms with Gasteiger partial charge in [-0.15, -0.1) is 34.5 Å². The lowest BCUT2D eigenvalue weighted by atomic mass is 10.2. The maximum Gasteiger partial charge on any atom is 0.203 e. The largest absolute Gasteiger partial charge is 0.344 e. The maximum absolute atomic E-state index is 5.91. The Morgan fingerprint density at radius 2 is 1.73 bits per heavy atom. The second-order valence-corrected chi connectivity index (χ2v) is 7.06. The lowest BCUT2D eigenvalue weighted by Gasteiger charge is -2.18. The van der Waals surface area contributed by atoms with Gasteiger partial charge < -0.3 is 4.90 Å². The molecule has 0 aliphatic heterocycles. The number of hydrogen-bond donors (Lipinski definition) is 1. The lowest BCUT2D eigenvalue weighted by molar-refractivity contribution is 1.05. The molecule has 0 bridgehead atoms. The molecule has 0 amide bonds. The molecule has 0 saturated heterocycles. The van der Waals surface area contributed by atoms with Crippen molar-refractivity contribution in [2.24, 2.45) is 5.10 Å². The van der Waals surface area contributed by atoms with Gasteiger partial charge in [-0.05, 0) is 29.8 Å². The van der Waals surface area contributed by atoms with E-state index in [1.807, 2.05) is 58.8 Å². The van der Waals surface area contributed by atoms with Gasteiger partial charge in [0, 0.05) is 21.7 Å². The van der Waals surface area contributed by atoms with E-state index in [1.54, 1.807) is 6.21 Å². The highest BCUT2D eigenvalue weighted by Crippen LogP contribution is 2.26. The van der Waals surface area contributed by atoms with Crippen LogP contribution in [-0.4, -0.2) is 23.2 Å². The molecule has 1 N–H and O–H groups in total. The van der Waals surface area contributed by atoms with Crippen LogP contribution in [0.1, 0.15) is 5.56 Å². The number of hydrogen-bond acceptors (Lipinski definition) is 5. The summed E-state index contributed by atoms with van der Waals surface area (Å²) in [5.74, 6) is 0. The highest BCUT2D eigenvalue weighted by molar-refractivity contribution is 7.14. The van der Waals surface area contributed by atoms with Crippen LogP contribution in [0.3, 0.4) is 0 Å². The summed E-state index contributed by atoms with van der Waals surface area (Å²) in [6.45, 7) is 0. The zero-order valence-corrected chi connectivity index (χ0v) is 16.7. The summed E-state index contributed by atoms with van der Waals surface area (Å²) in [6, 6.07) is 16.1. The zero-order chi connectivity index (χ0) is 18.4. The van der Waals surface area contributed by atoms with Crippen LogP contribution < -0.4 is 10.3 Å². The zero-order valence-electron chi connectivity index (χ0n) is 13.6. The van der Waals surface area contributed by atoms with Crippen LogP contribution in [0.4, 0.5) is 10.8 Å². The first-order chi connectivity index (χ1) is 12.7. The number of hydrazone groups is 1. The Hall–Kier alpha value is -1.79. The van der Waals surface area contributed by atoms with Crippen LogP contribution in [0.5, 0.6) is 0 Å². The van der Waals surface area contributed by atoms with Crippen LogP contribution in [0.25, 0.3) is 11.3 Å². The topological polar surface area (TPSA) is 40.5 Å². The Kier molecular flexibility index (Phi) is 6.74. The van der Waals surface area contributed by atoms with Crippen molar-refractivity contribution < 1.29 is 0 Å². The molecule has 3 aromatic rings. The van der Waals surface area contributed by atoms with Crippen molar-refractivity contribution in [3.05, 3.63) is 64.5 Å². The normalized spacial score (nSPS) is 11.0. The Morgan fingerprint density at radius 1 is 1.04 bits per heavy atom. The van der Waals surface area contributed by atoms with Crippen molar-refractivity contribution >= 4 is 63.2 Å². The fourth-order valence-electron chi connectivity index (χ4n) is 2.18. The Bertz CT molecular complexity index is 859. The van der Waals surface area contributed by atoms with Crippen molar-refractivity contribution in [2.45, 2.75) is 0 Å². The van der Waals surface area contributed by atoms with Gasteiger partial charge >= 0.3 is 0 Å². The Balaban J connectivity index is 1.61. The third-order valence-corrected chi connectivity index (χ3v) is 5.14. The average molecular weight is 426 g/mol. The molecule has 0 aliphatic rings. The van der Waals surface area contributed by atoms with Gasteiger partial charge in [-0.1, -0.05) is 35.9 Å². The highest BCUT2D eigenvalue weighted by atomic mass is 35.5. The van der Waals surface area contributed by atoms with Gasteiger partial charge in [0.05, 0.1) is 23.9 Å². The van der Waals surface area contributed by atoms with E-state index in [2.05, 4.69) is 15.5 Å². The minimum Gasteiger partial charge on any atom is -0.344 e. The number of benzene rings is 2. The van der Waals surface area contributed by atoms with Gasteiger partial charge in [0.15, 0.2) is 0 Å². The number of halogens is 3. The molecule has 4 nitrogen and oxygen atoms in total. The van der Waals surface area contributed by atoms with Gasteiger partial charge in [-0.2, -0.15) is 5.10 Å². The minimum absolute atomic E-state index is 0.346. The smallest absolute Gasteiger partial charge is 0.203 e. The average Bonchev–Trinajstić information content (AvgIpc) is 3.13. The summed E-state index contributed by atoms with van der Waals surface area (Å²) >= 11 is 19.1. The van der Waals surface area contributed by atoms with Gasteiger partial charge in [-0.3, -0.25) is 5.43 Å². The van der Waals surface area contributed by atoms with E-state index in [4.69, 9.17) is 34.8 Å². The third-order valence-electron chi connectivity index (χ3n) is 3.56. The maximum atomic E-state index is 5.91. The van der Waals surface area contributed by atoms with E-state index in [-0.39, 0.29) is 0 Å². The summed E-state index contributed by atoms with van der Waals surface area (Å²) in [5, 5.41) is 7.64. The van der Waals surface area contributed by atoms with E-state index in [0.717, 1.165) is 27.6 Å². The number of alkyl halides is 2. The van der Waals surface area contributed by atoms with Gasteiger partial charge in [0.1, 0.15) is 0 Å². The lowest BCUT2D eigenvalue weighted by Crippen LogP contribution is -2.18. The fraction of sp³-hybridized carbons (Fsp3) is 0.111.